The molecule has 2 aromatic carbocycles. The maximum absolute atomic E-state index is 12.4. The number of thiophene rings is 1. The fourth-order valence-electron chi connectivity index (χ4n) is 2.24. The molecule has 0 bridgehead atoms. The van der Waals surface area contributed by atoms with E-state index >= 15 is 0 Å². The van der Waals surface area contributed by atoms with Gasteiger partial charge in [-0.25, -0.2) is 5.43 Å². The normalized spacial score (nSPS) is 11.2. The number of hydrogen-bond acceptors (Lipinski definition) is 4. The second-order valence-corrected chi connectivity index (χ2v) is 7.22. The number of amides is 1. The minimum Gasteiger partial charge on any atom is -0.496 e. The van der Waals surface area contributed by atoms with Crippen molar-refractivity contribution in [3.63, 3.8) is 0 Å². The number of para-hydroxylation sites is 1. The second kappa shape index (κ2) is 7.62. The Morgan fingerprint density at radius 2 is 2.00 bits per heavy atom. The molecule has 25 heavy (non-hydrogen) atoms. The Bertz CT molecular complexity index is 985. The van der Waals surface area contributed by atoms with Crippen LogP contribution in [0.25, 0.3) is 10.1 Å². The molecule has 0 unspecified atom stereocenters. The third-order valence-corrected chi connectivity index (χ3v) is 5.51. The zero-order valence-electron chi connectivity index (χ0n) is 12.8. The number of fused-ring (bicyclic) bond motifs is 1. The van der Waals surface area contributed by atoms with Crippen molar-refractivity contribution in [3.05, 3.63) is 61.9 Å². The summed E-state index contributed by atoms with van der Waals surface area (Å²) >= 11 is 19.7. The van der Waals surface area contributed by atoms with Crippen LogP contribution in [0.2, 0.25) is 15.1 Å². The molecule has 0 aliphatic heterocycles. The number of carbonyl (C=O) groups is 1. The number of methoxy groups -OCH3 is 1. The zero-order valence-corrected chi connectivity index (χ0v) is 15.9. The van der Waals surface area contributed by atoms with Crippen LogP contribution >= 0.6 is 46.1 Å². The van der Waals surface area contributed by atoms with Crippen LogP contribution in [-0.2, 0) is 0 Å². The van der Waals surface area contributed by atoms with Gasteiger partial charge in [0.05, 0.1) is 23.4 Å². The minimum absolute atomic E-state index is 0.284. The Kier molecular flexibility index (Phi) is 5.49. The van der Waals surface area contributed by atoms with Crippen LogP contribution in [0.3, 0.4) is 0 Å². The van der Waals surface area contributed by atoms with Gasteiger partial charge in [0.1, 0.15) is 10.6 Å². The first-order valence-corrected chi connectivity index (χ1v) is 8.99. The van der Waals surface area contributed by atoms with E-state index < -0.39 is 5.91 Å². The van der Waals surface area contributed by atoms with E-state index in [-0.39, 0.29) is 5.02 Å². The SMILES string of the molecule is COc1ccccc1/C=N/NC(=O)c1sc2cc(Cl)cc(Cl)c2c1Cl. The van der Waals surface area contributed by atoms with Crippen LogP contribution in [0.4, 0.5) is 0 Å². The summed E-state index contributed by atoms with van der Waals surface area (Å²) in [4.78, 5) is 12.7. The van der Waals surface area contributed by atoms with Crippen LogP contribution in [0.1, 0.15) is 15.2 Å². The van der Waals surface area contributed by atoms with E-state index in [1.54, 1.807) is 25.3 Å². The average Bonchev–Trinajstić information content (AvgIpc) is 2.92. The number of benzene rings is 2. The summed E-state index contributed by atoms with van der Waals surface area (Å²) in [5, 5.41) is 5.74. The van der Waals surface area contributed by atoms with Crippen molar-refractivity contribution >= 4 is 68.3 Å². The van der Waals surface area contributed by atoms with Gasteiger partial charge in [0, 0.05) is 20.7 Å². The molecule has 3 rings (SSSR count). The fourth-order valence-corrected chi connectivity index (χ4v) is 4.51. The first-order chi connectivity index (χ1) is 12.0. The summed E-state index contributed by atoms with van der Waals surface area (Å²) in [6, 6.07) is 10.6. The molecule has 128 valence electrons. The van der Waals surface area contributed by atoms with Crippen molar-refractivity contribution in [2.24, 2.45) is 5.10 Å². The fraction of sp³-hybridized carbons (Fsp3) is 0.0588. The highest BCUT2D eigenvalue weighted by atomic mass is 35.5. The van der Waals surface area contributed by atoms with Crippen molar-refractivity contribution in [1.82, 2.24) is 5.43 Å². The van der Waals surface area contributed by atoms with E-state index in [1.807, 2.05) is 18.2 Å². The molecule has 1 heterocycles. The van der Waals surface area contributed by atoms with Gasteiger partial charge in [0.2, 0.25) is 0 Å². The second-order valence-electron chi connectivity index (χ2n) is 4.95. The van der Waals surface area contributed by atoms with Crippen LogP contribution in [-0.4, -0.2) is 19.2 Å². The van der Waals surface area contributed by atoms with Gasteiger partial charge in [-0.3, -0.25) is 4.79 Å². The lowest BCUT2D eigenvalue weighted by atomic mass is 10.2. The summed E-state index contributed by atoms with van der Waals surface area (Å²) in [5.74, 6) is 0.228. The van der Waals surface area contributed by atoms with Crippen LogP contribution in [0, 0.1) is 0 Å². The quantitative estimate of drug-likeness (QED) is 0.445. The van der Waals surface area contributed by atoms with Crippen molar-refractivity contribution in [2.75, 3.05) is 7.11 Å². The highest BCUT2D eigenvalue weighted by Gasteiger charge is 2.19. The first kappa shape index (κ1) is 18.0. The number of hydrogen-bond donors (Lipinski definition) is 1. The van der Waals surface area contributed by atoms with Crippen molar-refractivity contribution in [2.45, 2.75) is 0 Å². The molecule has 0 spiro atoms. The Morgan fingerprint density at radius 1 is 1.24 bits per heavy atom. The maximum Gasteiger partial charge on any atom is 0.283 e. The first-order valence-electron chi connectivity index (χ1n) is 7.04. The molecular formula is C17H11Cl3N2O2S. The topological polar surface area (TPSA) is 50.7 Å². The number of carbonyl (C=O) groups excluding carboxylic acids is 1. The van der Waals surface area contributed by atoms with Gasteiger partial charge in [-0.05, 0) is 24.3 Å². The van der Waals surface area contributed by atoms with E-state index in [1.165, 1.54) is 17.6 Å². The van der Waals surface area contributed by atoms with Gasteiger partial charge < -0.3 is 4.74 Å². The predicted molar refractivity (Wildman–Crippen MR) is 105 cm³/mol. The number of nitrogens with zero attached hydrogens (tertiary/aromatic N) is 1. The Morgan fingerprint density at radius 3 is 2.76 bits per heavy atom. The van der Waals surface area contributed by atoms with Crippen LogP contribution in [0.15, 0.2) is 41.5 Å². The minimum atomic E-state index is -0.426. The van der Waals surface area contributed by atoms with E-state index in [9.17, 15) is 4.79 Å². The van der Waals surface area contributed by atoms with E-state index in [4.69, 9.17) is 39.5 Å². The summed E-state index contributed by atoms with van der Waals surface area (Å²) in [6.07, 6.45) is 1.50. The molecular weight excluding hydrogens is 403 g/mol. The van der Waals surface area contributed by atoms with E-state index in [2.05, 4.69) is 10.5 Å². The van der Waals surface area contributed by atoms with Gasteiger partial charge in [-0.15, -0.1) is 11.3 Å². The lowest BCUT2D eigenvalue weighted by Gasteiger charge is -2.03. The lowest BCUT2D eigenvalue weighted by molar-refractivity contribution is 0.0959. The molecule has 0 aliphatic rings. The third kappa shape index (κ3) is 3.75. The van der Waals surface area contributed by atoms with Gasteiger partial charge in [0.15, 0.2) is 0 Å². The maximum atomic E-state index is 12.4. The van der Waals surface area contributed by atoms with Crippen molar-refractivity contribution in [3.8, 4) is 5.75 Å². The van der Waals surface area contributed by atoms with Gasteiger partial charge in [0.25, 0.3) is 5.91 Å². The molecule has 1 N–H and O–H groups in total. The molecule has 0 saturated heterocycles. The zero-order chi connectivity index (χ0) is 18.0. The summed E-state index contributed by atoms with van der Waals surface area (Å²) in [7, 11) is 1.57. The Hall–Kier alpha value is -1.79. The number of halogens is 3. The summed E-state index contributed by atoms with van der Waals surface area (Å²) in [5.41, 5.74) is 3.20. The standard InChI is InChI=1S/C17H11Cl3N2O2S/c1-24-12-5-3-2-4-9(12)8-21-22-17(23)16-15(20)14-11(19)6-10(18)7-13(14)25-16/h2-8H,1H3,(H,22,23)/b21-8+. The lowest BCUT2D eigenvalue weighted by Crippen LogP contribution is -2.16. The monoisotopic (exact) mass is 412 g/mol. The molecule has 0 aliphatic carbocycles. The van der Waals surface area contributed by atoms with E-state index in [0.717, 1.165) is 10.3 Å². The van der Waals surface area contributed by atoms with Crippen LogP contribution < -0.4 is 10.2 Å². The number of ether oxygens (including phenoxy) is 1. The van der Waals surface area contributed by atoms with Gasteiger partial charge in [-0.2, -0.15) is 5.10 Å². The predicted octanol–water partition coefficient (Wildman–Crippen LogP) is 5.63. The summed E-state index contributed by atoms with van der Waals surface area (Å²) in [6.45, 7) is 0. The van der Waals surface area contributed by atoms with E-state index in [0.29, 0.717) is 26.1 Å². The number of nitrogens with one attached hydrogen (secondary N) is 1. The highest BCUT2D eigenvalue weighted by molar-refractivity contribution is 7.21. The smallest absolute Gasteiger partial charge is 0.283 e. The molecule has 1 aromatic heterocycles. The molecule has 1 amide bonds. The summed E-state index contributed by atoms with van der Waals surface area (Å²) < 4.78 is 5.96. The Labute approximate surface area is 163 Å². The average molecular weight is 414 g/mol. The highest BCUT2D eigenvalue weighted by Crippen LogP contribution is 2.41. The van der Waals surface area contributed by atoms with Gasteiger partial charge in [-0.1, -0.05) is 46.9 Å². The number of hydrazone groups is 1. The molecule has 3 aromatic rings. The molecule has 4 nitrogen and oxygen atoms in total. The molecule has 0 saturated carbocycles. The molecule has 8 heteroatoms. The number of rotatable bonds is 4. The molecule has 0 atom stereocenters. The molecule has 0 radical (unpaired) electrons. The largest absolute Gasteiger partial charge is 0.496 e. The van der Waals surface area contributed by atoms with Crippen LogP contribution in [0.5, 0.6) is 5.75 Å². The van der Waals surface area contributed by atoms with Crippen molar-refractivity contribution in [1.29, 1.82) is 0 Å². The third-order valence-electron chi connectivity index (χ3n) is 3.36. The Balaban J connectivity index is 1.84. The van der Waals surface area contributed by atoms with Gasteiger partial charge >= 0.3 is 0 Å². The van der Waals surface area contributed by atoms with Crippen molar-refractivity contribution < 1.29 is 9.53 Å². The molecule has 0 fully saturated rings.